The SMILES string of the molecule is CCNCC(C)c1c(C)nc(-c2ccc(Cl)cc2)nc1C. The van der Waals surface area contributed by atoms with Gasteiger partial charge in [-0.2, -0.15) is 0 Å². The number of aryl methyl sites for hydroxylation is 2. The zero-order chi connectivity index (χ0) is 15.4. The highest BCUT2D eigenvalue weighted by Crippen LogP contribution is 2.25. The van der Waals surface area contributed by atoms with Gasteiger partial charge in [0.2, 0.25) is 0 Å². The topological polar surface area (TPSA) is 37.8 Å². The lowest BCUT2D eigenvalue weighted by Crippen LogP contribution is -2.21. The summed E-state index contributed by atoms with van der Waals surface area (Å²) < 4.78 is 0. The Bertz CT molecular complexity index is 585. The number of nitrogens with zero attached hydrogens (tertiary/aromatic N) is 2. The first kappa shape index (κ1) is 15.9. The van der Waals surface area contributed by atoms with Gasteiger partial charge in [0, 0.05) is 28.5 Å². The molecule has 2 aromatic rings. The second-order valence-corrected chi connectivity index (χ2v) is 5.78. The molecule has 21 heavy (non-hydrogen) atoms. The molecule has 0 amide bonds. The Morgan fingerprint density at radius 2 is 1.67 bits per heavy atom. The van der Waals surface area contributed by atoms with Gasteiger partial charge in [-0.1, -0.05) is 25.4 Å². The zero-order valence-electron chi connectivity index (χ0n) is 13.1. The number of likely N-dealkylation sites (N-methyl/N-ethyl adjacent to an activating group) is 1. The van der Waals surface area contributed by atoms with Crippen LogP contribution in [0.4, 0.5) is 0 Å². The molecule has 1 heterocycles. The molecule has 0 radical (unpaired) electrons. The number of hydrogen-bond donors (Lipinski definition) is 1. The van der Waals surface area contributed by atoms with Crippen LogP contribution in [0.2, 0.25) is 5.02 Å². The van der Waals surface area contributed by atoms with Crippen molar-refractivity contribution in [3.63, 3.8) is 0 Å². The van der Waals surface area contributed by atoms with Crippen LogP contribution in [0.15, 0.2) is 24.3 Å². The highest BCUT2D eigenvalue weighted by molar-refractivity contribution is 6.30. The van der Waals surface area contributed by atoms with Gasteiger partial charge >= 0.3 is 0 Å². The molecule has 4 heteroatoms. The first-order valence-electron chi connectivity index (χ1n) is 7.34. The summed E-state index contributed by atoms with van der Waals surface area (Å²) in [5.74, 6) is 1.17. The molecule has 0 aliphatic carbocycles. The van der Waals surface area contributed by atoms with Gasteiger partial charge in [-0.15, -0.1) is 0 Å². The van der Waals surface area contributed by atoms with Gasteiger partial charge in [-0.25, -0.2) is 9.97 Å². The molecule has 0 saturated heterocycles. The van der Waals surface area contributed by atoms with Gasteiger partial charge in [0.1, 0.15) is 0 Å². The fraction of sp³-hybridized carbons (Fsp3) is 0.412. The molecule has 0 fully saturated rings. The van der Waals surface area contributed by atoms with Gasteiger partial charge in [0.05, 0.1) is 0 Å². The van der Waals surface area contributed by atoms with Crippen LogP contribution in [0.5, 0.6) is 0 Å². The summed E-state index contributed by atoms with van der Waals surface area (Å²) in [5, 5.41) is 4.11. The van der Waals surface area contributed by atoms with Crippen LogP contribution < -0.4 is 5.32 Å². The molecular formula is C17H22ClN3. The fourth-order valence-corrected chi connectivity index (χ4v) is 2.76. The van der Waals surface area contributed by atoms with E-state index in [1.54, 1.807) is 0 Å². The van der Waals surface area contributed by atoms with Crippen molar-refractivity contribution in [1.82, 2.24) is 15.3 Å². The largest absolute Gasteiger partial charge is 0.316 e. The summed E-state index contributed by atoms with van der Waals surface area (Å²) in [4.78, 5) is 9.36. The highest BCUT2D eigenvalue weighted by atomic mass is 35.5. The third-order valence-electron chi connectivity index (χ3n) is 3.62. The van der Waals surface area contributed by atoms with Crippen molar-refractivity contribution < 1.29 is 0 Å². The molecule has 0 aliphatic heterocycles. The van der Waals surface area contributed by atoms with Crippen LogP contribution in [0.25, 0.3) is 11.4 Å². The monoisotopic (exact) mass is 303 g/mol. The Morgan fingerprint density at radius 3 is 2.19 bits per heavy atom. The molecule has 0 saturated carbocycles. The fourth-order valence-electron chi connectivity index (χ4n) is 2.63. The lowest BCUT2D eigenvalue weighted by atomic mass is 9.97. The molecule has 0 spiro atoms. The Hall–Kier alpha value is -1.45. The summed E-state index contributed by atoms with van der Waals surface area (Å²) in [6.45, 7) is 10.4. The quantitative estimate of drug-likeness (QED) is 0.902. The second kappa shape index (κ2) is 7.01. The third-order valence-corrected chi connectivity index (χ3v) is 3.87. The number of hydrogen-bond acceptors (Lipinski definition) is 3. The number of halogens is 1. The summed E-state index contributed by atoms with van der Waals surface area (Å²) in [7, 11) is 0. The lowest BCUT2D eigenvalue weighted by Gasteiger charge is -2.17. The molecule has 1 unspecified atom stereocenters. The first-order chi connectivity index (χ1) is 10.0. The molecule has 1 aromatic heterocycles. The summed E-state index contributed by atoms with van der Waals surface area (Å²) in [5.41, 5.74) is 4.35. The number of nitrogens with one attached hydrogen (secondary N) is 1. The van der Waals surface area contributed by atoms with Crippen LogP contribution in [-0.4, -0.2) is 23.1 Å². The average Bonchev–Trinajstić information content (AvgIpc) is 2.45. The minimum Gasteiger partial charge on any atom is -0.316 e. The van der Waals surface area contributed by atoms with Gasteiger partial charge in [0.25, 0.3) is 0 Å². The molecule has 2 rings (SSSR count). The molecule has 0 aliphatic rings. The molecule has 1 N–H and O–H groups in total. The maximum Gasteiger partial charge on any atom is 0.159 e. The van der Waals surface area contributed by atoms with E-state index in [4.69, 9.17) is 11.6 Å². The molecule has 1 aromatic carbocycles. The predicted molar refractivity (Wildman–Crippen MR) is 88.9 cm³/mol. The Balaban J connectivity index is 2.34. The molecule has 3 nitrogen and oxygen atoms in total. The Labute approximate surface area is 131 Å². The van der Waals surface area contributed by atoms with E-state index in [-0.39, 0.29) is 0 Å². The molecular weight excluding hydrogens is 282 g/mol. The van der Waals surface area contributed by atoms with Crippen molar-refractivity contribution in [2.75, 3.05) is 13.1 Å². The van der Waals surface area contributed by atoms with Crippen molar-refractivity contribution in [3.05, 3.63) is 46.2 Å². The van der Waals surface area contributed by atoms with Crippen LogP contribution >= 0.6 is 11.6 Å². The third kappa shape index (κ3) is 3.80. The Morgan fingerprint density at radius 1 is 1.10 bits per heavy atom. The van der Waals surface area contributed by atoms with E-state index in [1.165, 1.54) is 5.56 Å². The summed E-state index contributed by atoms with van der Waals surface area (Å²) in [6, 6.07) is 7.65. The molecule has 0 bridgehead atoms. The average molecular weight is 304 g/mol. The smallest absolute Gasteiger partial charge is 0.159 e. The predicted octanol–water partition coefficient (Wildman–Crippen LogP) is 4.13. The van der Waals surface area contributed by atoms with E-state index in [2.05, 4.69) is 43.0 Å². The van der Waals surface area contributed by atoms with Crippen molar-refractivity contribution >= 4 is 11.6 Å². The zero-order valence-corrected chi connectivity index (χ0v) is 13.8. The van der Waals surface area contributed by atoms with Crippen LogP contribution in [-0.2, 0) is 0 Å². The minimum absolute atomic E-state index is 0.407. The highest BCUT2D eigenvalue weighted by Gasteiger charge is 2.15. The van der Waals surface area contributed by atoms with Crippen LogP contribution in [0.3, 0.4) is 0 Å². The van der Waals surface area contributed by atoms with E-state index in [1.807, 2.05) is 24.3 Å². The van der Waals surface area contributed by atoms with E-state index >= 15 is 0 Å². The second-order valence-electron chi connectivity index (χ2n) is 5.35. The van der Waals surface area contributed by atoms with Crippen molar-refractivity contribution in [2.45, 2.75) is 33.6 Å². The van der Waals surface area contributed by atoms with E-state index in [9.17, 15) is 0 Å². The van der Waals surface area contributed by atoms with E-state index in [0.717, 1.165) is 40.9 Å². The van der Waals surface area contributed by atoms with Gasteiger partial charge in [0.15, 0.2) is 5.82 Å². The van der Waals surface area contributed by atoms with E-state index < -0.39 is 0 Å². The van der Waals surface area contributed by atoms with Crippen LogP contribution in [0, 0.1) is 13.8 Å². The lowest BCUT2D eigenvalue weighted by molar-refractivity contribution is 0.624. The molecule has 112 valence electrons. The first-order valence-corrected chi connectivity index (χ1v) is 7.72. The number of benzene rings is 1. The van der Waals surface area contributed by atoms with Crippen molar-refractivity contribution in [2.24, 2.45) is 0 Å². The molecule has 1 atom stereocenters. The van der Waals surface area contributed by atoms with E-state index in [0.29, 0.717) is 5.92 Å². The van der Waals surface area contributed by atoms with Crippen molar-refractivity contribution in [1.29, 1.82) is 0 Å². The number of aromatic nitrogens is 2. The van der Waals surface area contributed by atoms with Gasteiger partial charge in [-0.3, -0.25) is 0 Å². The van der Waals surface area contributed by atoms with Crippen LogP contribution in [0.1, 0.15) is 36.7 Å². The minimum atomic E-state index is 0.407. The van der Waals surface area contributed by atoms with Crippen molar-refractivity contribution in [3.8, 4) is 11.4 Å². The number of rotatable bonds is 5. The summed E-state index contributed by atoms with van der Waals surface area (Å²) in [6.07, 6.45) is 0. The standard InChI is InChI=1S/C17H22ClN3/c1-5-19-10-11(2)16-12(3)20-17(21-13(16)4)14-6-8-15(18)9-7-14/h6-9,11,19H,5,10H2,1-4H3. The maximum absolute atomic E-state index is 5.93. The summed E-state index contributed by atoms with van der Waals surface area (Å²) >= 11 is 5.93. The normalized spacial score (nSPS) is 12.4. The Kier molecular flexibility index (Phi) is 5.32. The maximum atomic E-state index is 5.93. The van der Waals surface area contributed by atoms with Gasteiger partial charge in [-0.05, 0) is 56.1 Å². The van der Waals surface area contributed by atoms with Gasteiger partial charge < -0.3 is 5.32 Å².